The number of aliphatic hydroxyl groups is 1. The Hall–Kier alpha value is -1.64. The van der Waals surface area contributed by atoms with Gasteiger partial charge in [0.15, 0.2) is 0 Å². The molecule has 1 unspecified atom stereocenters. The van der Waals surface area contributed by atoms with E-state index >= 15 is 0 Å². The predicted molar refractivity (Wildman–Crippen MR) is 102 cm³/mol. The van der Waals surface area contributed by atoms with Gasteiger partial charge in [0.2, 0.25) is 0 Å². The van der Waals surface area contributed by atoms with Crippen molar-refractivity contribution in [1.82, 2.24) is 0 Å². The molecule has 2 N–H and O–H groups in total. The lowest BCUT2D eigenvalue weighted by molar-refractivity contribution is -0.967. The van der Waals surface area contributed by atoms with Crippen molar-refractivity contribution in [2.45, 2.75) is 50.1 Å². The molecule has 1 saturated heterocycles. The molecule has 2 fully saturated rings. The number of piperidine rings is 1. The van der Waals surface area contributed by atoms with E-state index in [0.29, 0.717) is 18.0 Å². The minimum Gasteiger partial charge on any atom is -0.391 e. The molecule has 0 bridgehead atoms. The van der Waals surface area contributed by atoms with E-state index in [1.807, 2.05) is 0 Å². The first-order chi connectivity index (χ1) is 12.4. The van der Waals surface area contributed by atoms with Gasteiger partial charge in [-0.25, -0.2) is 0 Å². The van der Waals surface area contributed by atoms with Crippen molar-refractivity contribution in [2.75, 3.05) is 13.2 Å². The minimum atomic E-state index is 0.290. The van der Waals surface area contributed by atoms with Crippen molar-refractivity contribution in [2.24, 2.45) is 5.92 Å². The maximum absolute atomic E-state index is 9.74. The standard InChI is InChI=1S/C23H29NO/c25-16-15-24-22-14-8-7-13-20(22)21(18-9-3-1-4-10-18)17-23(24)19-11-5-2-6-12-19/h1-6,9-12,20-23,25H,7-8,13-17H2/p+1/t20-,21+,22-,23-/m1/s1. The highest BCUT2D eigenvalue weighted by molar-refractivity contribution is 5.24. The zero-order valence-corrected chi connectivity index (χ0v) is 15.0. The number of aliphatic hydroxyl groups excluding tert-OH is 1. The summed E-state index contributed by atoms with van der Waals surface area (Å²) < 4.78 is 0. The molecule has 1 aliphatic carbocycles. The third-order valence-corrected chi connectivity index (χ3v) is 6.58. The van der Waals surface area contributed by atoms with Crippen LogP contribution in [0.5, 0.6) is 0 Å². The van der Waals surface area contributed by atoms with Crippen molar-refractivity contribution in [3.05, 3.63) is 71.8 Å². The Morgan fingerprint density at radius 1 is 0.840 bits per heavy atom. The molecular weight excluding hydrogens is 306 g/mol. The number of hydrogen-bond acceptors (Lipinski definition) is 1. The fourth-order valence-corrected chi connectivity index (χ4v) is 5.55. The van der Waals surface area contributed by atoms with Crippen LogP contribution in [-0.4, -0.2) is 24.3 Å². The Morgan fingerprint density at radius 2 is 1.48 bits per heavy atom. The monoisotopic (exact) mass is 336 g/mol. The first kappa shape index (κ1) is 16.8. The summed E-state index contributed by atoms with van der Waals surface area (Å²) in [4.78, 5) is 1.63. The van der Waals surface area contributed by atoms with Crippen LogP contribution < -0.4 is 4.90 Å². The molecule has 0 amide bonds. The van der Waals surface area contributed by atoms with Crippen LogP contribution in [0.4, 0.5) is 0 Å². The average Bonchev–Trinajstić information content (AvgIpc) is 2.70. The van der Waals surface area contributed by atoms with Crippen LogP contribution in [0.15, 0.2) is 60.7 Å². The number of nitrogens with one attached hydrogen (secondary N) is 1. The van der Waals surface area contributed by atoms with Gasteiger partial charge in [-0.15, -0.1) is 0 Å². The SMILES string of the molecule is OCC[NH+]1[C@@H](c2ccccc2)C[C@@H](c2ccccc2)[C@H]2CCCC[C@H]21. The lowest BCUT2D eigenvalue weighted by Crippen LogP contribution is -3.18. The molecule has 1 heterocycles. The summed E-state index contributed by atoms with van der Waals surface area (Å²) in [6.45, 7) is 1.17. The highest BCUT2D eigenvalue weighted by atomic mass is 16.3. The van der Waals surface area contributed by atoms with Crippen LogP contribution in [0.1, 0.15) is 55.2 Å². The maximum Gasteiger partial charge on any atom is 0.114 e. The first-order valence-corrected chi connectivity index (χ1v) is 9.95. The number of benzene rings is 2. The number of hydrogen-bond donors (Lipinski definition) is 2. The van der Waals surface area contributed by atoms with Gasteiger partial charge in [-0.1, -0.05) is 67.1 Å². The van der Waals surface area contributed by atoms with Crippen molar-refractivity contribution >= 4 is 0 Å². The topological polar surface area (TPSA) is 24.7 Å². The number of fused-ring (bicyclic) bond motifs is 1. The number of likely N-dealkylation sites (tertiary alicyclic amines) is 1. The van der Waals surface area contributed by atoms with Crippen molar-refractivity contribution in [3.8, 4) is 0 Å². The molecule has 2 nitrogen and oxygen atoms in total. The molecule has 4 rings (SSSR count). The van der Waals surface area contributed by atoms with Crippen LogP contribution in [0.3, 0.4) is 0 Å². The predicted octanol–water partition coefficient (Wildman–Crippen LogP) is 3.35. The molecule has 2 heteroatoms. The average molecular weight is 336 g/mol. The Kier molecular flexibility index (Phi) is 5.19. The van der Waals surface area contributed by atoms with E-state index in [2.05, 4.69) is 60.7 Å². The van der Waals surface area contributed by atoms with E-state index in [9.17, 15) is 5.11 Å². The number of rotatable bonds is 4. The zero-order chi connectivity index (χ0) is 17.1. The van der Waals surface area contributed by atoms with Crippen molar-refractivity contribution in [3.63, 3.8) is 0 Å². The van der Waals surface area contributed by atoms with E-state index < -0.39 is 0 Å². The van der Waals surface area contributed by atoms with E-state index in [-0.39, 0.29) is 6.61 Å². The van der Waals surface area contributed by atoms with Crippen LogP contribution in [0.25, 0.3) is 0 Å². The molecule has 25 heavy (non-hydrogen) atoms. The van der Waals surface area contributed by atoms with Gasteiger partial charge in [0.1, 0.15) is 12.6 Å². The van der Waals surface area contributed by atoms with Gasteiger partial charge in [-0.05, 0) is 30.7 Å². The smallest absolute Gasteiger partial charge is 0.114 e. The summed E-state index contributed by atoms with van der Waals surface area (Å²) in [7, 11) is 0. The quantitative estimate of drug-likeness (QED) is 0.879. The van der Waals surface area contributed by atoms with Crippen molar-refractivity contribution in [1.29, 1.82) is 0 Å². The fourth-order valence-electron chi connectivity index (χ4n) is 5.55. The molecule has 5 atom stereocenters. The molecule has 1 aliphatic heterocycles. The Morgan fingerprint density at radius 3 is 2.16 bits per heavy atom. The van der Waals surface area contributed by atoms with Crippen LogP contribution >= 0.6 is 0 Å². The van der Waals surface area contributed by atoms with Gasteiger partial charge in [0, 0.05) is 17.9 Å². The molecule has 132 valence electrons. The molecule has 1 saturated carbocycles. The Bertz CT molecular complexity index is 656. The largest absolute Gasteiger partial charge is 0.391 e. The molecule has 0 radical (unpaired) electrons. The van der Waals surface area contributed by atoms with Crippen molar-refractivity contribution < 1.29 is 10.0 Å². The minimum absolute atomic E-state index is 0.290. The van der Waals surface area contributed by atoms with Crippen LogP contribution in [-0.2, 0) is 0 Å². The Balaban J connectivity index is 1.72. The molecule has 2 aromatic rings. The van der Waals surface area contributed by atoms with E-state index in [4.69, 9.17) is 0 Å². The molecule has 0 spiro atoms. The second-order valence-electron chi connectivity index (χ2n) is 7.82. The zero-order valence-electron chi connectivity index (χ0n) is 15.0. The molecule has 0 aromatic heterocycles. The summed E-state index contributed by atoms with van der Waals surface area (Å²) in [6.07, 6.45) is 6.57. The summed E-state index contributed by atoms with van der Waals surface area (Å²) in [5.74, 6) is 1.41. The summed E-state index contributed by atoms with van der Waals surface area (Å²) >= 11 is 0. The molecular formula is C23H30NO+. The van der Waals surface area contributed by atoms with E-state index in [0.717, 1.165) is 12.5 Å². The first-order valence-electron chi connectivity index (χ1n) is 9.95. The highest BCUT2D eigenvalue weighted by Crippen LogP contribution is 2.43. The molecule has 2 aromatic carbocycles. The van der Waals surface area contributed by atoms with E-state index in [1.54, 1.807) is 4.90 Å². The third-order valence-electron chi connectivity index (χ3n) is 6.58. The van der Waals surface area contributed by atoms with Gasteiger partial charge in [-0.3, -0.25) is 0 Å². The van der Waals surface area contributed by atoms with Gasteiger partial charge < -0.3 is 10.0 Å². The van der Waals surface area contributed by atoms with Gasteiger partial charge in [0.05, 0.1) is 12.6 Å². The Labute approximate surface area is 151 Å². The normalized spacial score (nSPS) is 32.1. The van der Waals surface area contributed by atoms with Crippen LogP contribution in [0.2, 0.25) is 0 Å². The summed E-state index contributed by atoms with van der Waals surface area (Å²) in [6, 6.07) is 23.4. The highest BCUT2D eigenvalue weighted by Gasteiger charge is 2.47. The number of quaternary nitrogens is 1. The van der Waals surface area contributed by atoms with Gasteiger partial charge >= 0.3 is 0 Å². The summed E-state index contributed by atoms with van der Waals surface area (Å²) in [5.41, 5.74) is 2.96. The lowest BCUT2D eigenvalue weighted by atomic mass is 9.67. The summed E-state index contributed by atoms with van der Waals surface area (Å²) in [5, 5.41) is 9.74. The maximum atomic E-state index is 9.74. The second kappa shape index (κ2) is 7.72. The van der Waals surface area contributed by atoms with Gasteiger partial charge in [0.25, 0.3) is 0 Å². The molecule has 2 aliphatic rings. The fraction of sp³-hybridized carbons (Fsp3) is 0.478. The van der Waals surface area contributed by atoms with Gasteiger partial charge in [-0.2, -0.15) is 0 Å². The third kappa shape index (κ3) is 3.38. The van der Waals surface area contributed by atoms with Crippen LogP contribution in [0, 0.1) is 5.92 Å². The second-order valence-corrected chi connectivity index (χ2v) is 7.82. The lowest BCUT2D eigenvalue weighted by Gasteiger charge is -2.49. The van der Waals surface area contributed by atoms with E-state index in [1.165, 1.54) is 43.2 Å².